The second kappa shape index (κ2) is 3.05. The van der Waals surface area contributed by atoms with E-state index >= 15 is 0 Å². The van der Waals surface area contributed by atoms with Crippen LogP contribution in [0.5, 0.6) is 0 Å². The third-order valence-electron chi connectivity index (χ3n) is 3.13. The van der Waals surface area contributed by atoms with E-state index in [2.05, 4.69) is 0 Å². The highest BCUT2D eigenvalue weighted by molar-refractivity contribution is 5.78. The van der Waals surface area contributed by atoms with Crippen molar-refractivity contribution in [1.82, 2.24) is 4.90 Å². The van der Waals surface area contributed by atoms with Crippen LogP contribution >= 0.6 is 0 Å². The van der Waals surface area contributed by atoms with Crippen molar-refractivity contribution in [3.05, 3.63) is 0 Å². The largest absolute Gasteiger partial charge is 0.396 e. The number of nitrogens with zero attached hydrogens (tertiary/aromatic N) is 1. The molecular formula is C9H15NO2. The molecule has 3 nitrogen and oxygen atoms in total. The molecule has 0 saturated carbocycles. The van der Waals surface area contributed by atoms with Gasteiger partial charge in [-0.1, -0.05) is 0 Å². The summed E-state index contributed by atoms with van der Waals surface area (Å²) in [5.74, 6) is 0.642. The molecule has 12 heavy (non-hydrogen) atoms. The number of aliphatic hydroxyl groups is 1. The lowest BCUT2D eigenvalue weighted by Gasteiger charge is -2.35. The van der Waals surface area contributed by atoms with Crippen molar-refractivity contribution in [3.63, 3.8) is 0 Å². The third kappa shape index (κ3) is 1.12. The van der Waals surface area contributed by atoms with Gasteiger partial charge in [0, 0.05) is 31.5 Å². The molecule has 0 spiro atoms. The second-order valence-electron chi connectivity index (χ2n) is 3.78. The fourth-order valence-electron chi connectivity index (χ4n) is 2.47. The van der Waals surface area contributed by atoms with Crippen LogP contribution in [0.1, 0.15) is 25.7 Å². The van der Waals surface area contributed by atoms with E-state index < -0.39 is 0 Å². The van der Waals surface area contributed by atoms with Crippen molar-refractivity contribution in [2.75, 3.05) is 13.2 Å². The Hall–Kier alpha value is -0.570. The van der Waals surface area contributed by atoms with E-state index in [9.17, 15) is 4.79 Å². The molecule has 0 aromatic rings. The van der Waals surface area contributed by atoms with Gasteiger partial charge in [-0.25, -0.2) is 0 Å². The number of aliphatic hydroxyl groups excluding tert-OH is 1. The number of piperidine rings is 1. The third-order valence-corrected chi connectivity index (χ3v) is 3.13. The van der Waals surface area contributed by atoms with Gasteiger partial charge < -0.3 is 10.0 Å². The van der Waals surface area contributed by atoms with Gasteiger partial charge in [0.25, 0.3) is 0 Å². The first kappa shape index (κ1) is 8.05. The fourth-order valence-corrected chi connectivity index (χ4v) is 2.47. The van der Waals surface area contributed by atoms with E-state index in [0.29, 0.717) is 18.4 Å². The van der Waals surface area contributed by atoms with Gasteiger partial charge >= 0.3 is 0 Å². The highest BCUT2D eigenvalue weighted by Crippen LogP contribution is 2.31. The Morgan fingerprint density at radius 3 is 3.08 bits per heavy atom. The summed E-state index contributed by atoms with van der Waals surface area (Å²) in [7, 11) is 0. The minimum Gasteiger partial charge on any atom is -0.396 e. The Morgan fingerprint density at radius 1 is 1.50 bits per heavy atom. The molecule has 2 heterocycles. The Balaban J connectivity index is 2.09. The van der Waals surface area contributed by atoms with Crippen LogP contribution in [-0.2, 0) is 4.79 Å². The fraction of sp³-hybridized carbons (Fsp3) is 0.889. The summed E-state index contributed by atoms with van der Waals surface area (Å²) in [6, 6.07) is 0.358. The molecule has 2 atom stereocenters. The summed E-state index contributed by atoms with van der Waals surface area (Å²) in [5.41, 5.74) is 0. The van der Waals surface area contributed by atoms with Crippen LogP contribution in [0.3, 0.4) is 0 Å². The Labute approximate surface area is 72.4 Å². The molecule has 0 aromatic carbocycles. The van der Waals surface area contributed by atoms with Gasteiger partial charge in [0.05, 0.1) is 0 Å². The minimum atomic E-state index is 0.244. The van der Waals surface area contributed by atoms with Crippen molar-refractivity contribution >= 4 is 5.91 Å². The molecule has 2 fully saturated rings. The molecule has 0 aromatic heterocycles. The molecule has 2 saturated heterocycles. The van der Waals surface area contributed by atoms with Crippen molar-refractivity contribution in [1.29, 1.82) is 0 Å². The number of hydrogen-bond donors (Lipinski definition) is 1. The molecular weight excluding hydrogens is 154 g/mol. The van der Waals surface area contributed by atoms with Gasteiger partial charge in [0.1, 0.15) is 0 Å². The Bertz CT molecular complexity index is 193. The quantitative estimate of drug-likeness (QED) is 0.616. The minimum absolute atomic E-state index is 0.244. The van der Waals surface area contributed by atoms with Gasteiger partial charge in [-0.05, 0) is 19.3 Å². The lowest BCUT2D eigenvalue weighted by molar-refractivity contribution is -0.131. The average Bonchev–Trinajstić information content (AvgIpc) is 2.48. The van der Waals surface area contributed by atoms with E-state index in [1.165, 1.54) is 0 Å². The SMILES string of the molecule is O=C1CC[C@H]2[C@H](CO)CCCN12. The maximum Gasteiger partial charge on any atom is 0.222 e. The van der Waals surface area contributed by atoms with Gasteiger partial charge in [0.15, 0.2) is 0 Å². The van der Waals surface area contributed by atoms with Crippen LogP contribution in [0.4, 0.5) is 0 Å². The molecule has 2 rings (SSSR count). The molecule has 1 amide bonds. The number of carbonyl (C=O) groups excluding carboxylic acids is 1. The average molecular weight is 169 g/mol. The lowest BCUT2D eigenvalue weighted by Crippen LogP contribution is -2.43. The van der Waals surface area contributed by atoms with Crippen LogP contribution in [0.25, 0.3) is 0 Å². The van der Waals surface area contributed by atoms with Gasteiger partial charge in [0.2, 0.25) is 5.91 Å². The summed E-state index contributed by atoms with van der Waals surface area (Å²) in [5, 5.41) is 9.09. The first-order chi connectivity index (χ1) is 5.83. The summed E-state index contributed by atoms with van der Waals surface area (Å²) in [4.78, 5) is 13.3. The second-order valence-corrected chi connectivity index (χ2v) is 3.78. The molecule has 0 aliphatic carbocycles. The molecule has 68 valence electrons. The number of amides is 1. The first-order valence-corrected chi connectivity index (χ1v) is 4.73. The van der Waals surface area contributed by atoms with Crippen LogP contribution in [0, 0.1) is 5.92 Å². The summed E-state index contributed by atoms with van der Waals surface area (Å²) < 4.78 is 0. The van der Waals surface area contributed by atoms with Crippen molar-refractivity contribution in [3.8, 4) is 0 Å². The highest BCUT2D eigenvalue weighted by Gasteiger charge is 2.38. The van der Waals surface area contributed by atoms with Crippen molar-refractivity contribution < 1.29 is 9.90 Å². The number of fused-ring (bicyclic) bond motifs is 1. The maximum absolute atomic E-state index is 11.3. The normalized spacial score (nSPS) is 35.4. The zero-order chi connectivity index (χ0) is 8.55. The lowest BCUT2D eigenvalue weighted by atomic mass is 9.90. The molecule has 2 aliphatic heterocycles. The number of carbonyl (C=O) groups is 1. The Morgan fingerprint density at radius 2 is 2.33 bits per heavy atom. The summed E-state index contributed by atoms with van der Waals surface area (Å²) >= 11 is 0. The maximum atomic E-state index is 11.3. The predicted molar refractivity (Wildman–Crippen MR) is 44.5 cm³/mol. The van der Waals surface area contributed by atoms with E-state index in [-0.39, 0.29) is 12.5 Å². The van der Waals surface area contributed by atoms with Crippen LogP contribution in [0.15, 0.2) is 0 Å². The molecule has 0 radical (unpaired) electrons. The van der Waals surface area contributed by atoms with E-state index in [4.69, 9.17) is 5.11 Å². The van der Waals surface area contributed by atoms with Gasteiger partial charge in [-0.2, -0.15) is 0 Å². The first-order valence-electron chi connectivity index (χ1n) is 4.73. The van der Waals surface area contributed by atoms with Gasteiger partial charge in [-0.3, -0.25) is 4.79 Å². The van der Waals surface area contributed by atoms with Crippen LogP contribution in [0.2, 0.25) is 0 Å². The predicted octanol–water partition coefficient (Wildman–Crippen LogP) is 0.380. The highest BCUT2D eigenvalue weighted by atomic mass is 16.3. The van der Waals surface area contributed by atoms with Crippen molar-refractivity contribution in [2.24, 2.45) is 5.92 Å². The van der Waals surface area contributed by atoms with Crippen LogP contribution < -0.4 is 0 Å². The molecule has 1 N–H and O–H groups in total. The van der Waals surface area contributed by atoms with E-state index in [0.717, 1.165) is 25.8 Å². The molecule has 0 unspecified atom stereocenters. The van der Waals surface area contributed by atoms with E-state index in [1.807, 2.05) is 4.90 Å². The summed E-state index contributed by atoms with van der Waals surface area (Å²) in [6.45, 7) is 1.16. The summed E-state index contributed by atoms with van der Waals surface area (Å²) in [6.07, 6.45) is 3.81. The zero-order valence-corrected chi connectivity index (χ0v) is 7.20. The smallest absolute Gasteiger partial charge is 0.222 e. The molecule has 2 aliphatic rings. The van der Waals surface area contributed by atoms with E-state index in [1.54, 1.807) is 0 Å². The number of rotatable bonds is 1. The number of hydrogen-bond acceptors (Lipinski definition) is 2. The Kier molecular flexibility index (Phi) is 2.05. The molecule has 3 heteroatoms. The topological polar surface area (TPSA) is 40.5 Å². The van der Waals surface area contributed by atoms with Gasteiger partial charge in [-0.15, -0.1) is 0 Å². The zero-order valence-electron chi connectivity index (χ0n) is 7.20. The molecule has 0 bridgehead atoms. The van der Waals surface area contributed by atoms with Crippen LogP contribution in [-0.4, -0.2) is 35.1 Å². The standard InChI is InChI=1S/C9H15NO2/c11-6-7-2-1-5-10-8(7)3-4-9(10)12/h7-8,11H,1-6H2/t7-,8-/m0/s1. The monoisotopic (exact) mass is 169 g/mol. The van der Waals surface area contributed by atoms with Crippen molar-refractivity contribution in [2.45, 2.75) is 31.7 Å².